The van der Waals surface area contributed by atoms with Crippen molar-refractivity contribution in [3.63, 3.8) is 0 Å². The fraction of sp³-hybridized carbons (Fsp3) is 0.125. The van der Waals surface area contributed by atoms with Crippen molar-refractivity contribution in [2.75, 3.05) is 12.1 Å². The lowest BCUT2D eigenvalue weighted by Gasteiger charge is -2.11. The van der Waals surface area contributed by atoms with Crippen LogP contribution in [0.5, 0.6) is 11.5 Å². The van der Waals surface area contributed by atoms with E-state index in [2.05, 4.69) is 5.32 Å². The number of benzene rings is 2. The van der Waals surface area contributed by atoms with Crippen LogP contribution in [0.2, 0.25) is 0 Å². The number of carbonyl (C=O) groups excluding carboxylic acids is 2. The maximum atomic E-state index is 13.2. The van der Waals surface area contributed by atoms with E-state index in [0.29, 0.717) is 11.5 Å². The molecule has 2 aromatic carbocycles. The first kappa shape index (κ1) is 15.0. The molecular formula is C16H11F2NO4. The lowest BCUT2D eigenvalue weighted by molar-refractivity contribution is 0.101. The largest absolute Gasteiger partial charge is 0.454 e. The zero-order valence-electron chi connectivity index (χ0n) is 12.0. The first-order valence-electron chi connectivity index (χ1n) is 6.66. The standard InChI is InChI=1S/C16H11F2NO4/c1-8(20)10-5-14-15(23-7-22-14)6-13(10)19-16(21)9-2-3-11(17)12(18)4-9/h2-6H,7H2,1H3,(H,19,21). The molecule has 0 radical (unpaired) electrons. The average molecular weight is 319 g/mol. The predicted octanol–water partition coefficient (Wildman–Crippen LogP) is 3.15. The van der Waals surface area contributed by atoms with Gasteiger partial charge in [0, 0.05) is 17.2 Å². The number of carbonyl (C=O) groups is 2. The molecule has 0 bridgehead atoms. The molecule has 0 saturated carbocycles. The maximum absolute atomic E-state index is 13.2. The van der Waals surface area contributed by atoms with Gasteiger partial charge in [0.1, 0.15) is 0 Å². The van der Waals surface area contributed by atoms with Crippen LogP contribution in [0.3, 0.4) is 0 Å². The molecule has 0 aromatic heterocycles. The molecule has 2 aromatic rings. The summed E-state index contributed by atoms with van der Waals surface area (Å²) < 4.78 is 36.5. The van der Waals surface area contributed by atoms with E-state index in [9.17, 15) is 18.4 Å². The molecule has 1 amide bonds. The second kappa shape index (κ2) is 5.68. The van der Waals surface area contributed by atoms with E-state index in [4.69, 9.17) is 9.47 Å². The summed E-state index contributed by atoms with van der Waals surface area (Å²) in [6, 6.07) is 5.71. The summed E-state index contributed by atoms with van der Waals surface area (Å²) in [5.74, 6) is -2.35. The summed E-state index contributed by atoms with van der Waals surface area (Å²) in [5.41, 5.74) is 0.359. The van der Waals surface area contributed by atoms with Crippen LogP contribution >= 0.6 is 0 Å². The number of amides is 1. The molecule has 7 heteroatoms. The van der Waals surface area contributed by atoms with Gasteiger partial charge in [0.2, 0.25) is 6.79 Å². The van der Waals surface area contributed by atoms with E-state index < -0.39 is 17.5 Å². The van der Waals surface area contributed by atoms with Crippen molar-refractivity contribution in [3.8, 4) is 11.5 Å². The normalized spacial score (nSPS) is 12.1. The zero-order chi connectivity index (χ0) is 16.6. The fourth-order valence-electron chi connectivity index (χ4n) is 2.17. The van der Waals surface area contributed by atoms with Gasteiger partial charge < -0.3 is 14.8 Å². The Morgan fingerprint density at radius 2 is 1.74 bits per heavy atom. The smallest absolute Gasteiger partial charge is 0.255 e. The lowest BCUT2D eigenvalue weighted by atomic mass is 10.1. The summed E-state index contributed by atoms with van der Waals surface area (Å²) in [7, 11) is 0. The lowest BCUT2D eigenvalue weighted by Crippen LogP contribution is -2.14. The molecule has 23 heavy (non-hydrogen) atoms. The van der Waals surface area contributed by atoms with E-state index in [1.807, 2.05) is 0 Å². The Morgan fingerprint density at radius 1 is 1.04 bits per heavy atom. The number of halogens is 2. The molecule has 1 aliphatic rings. The van der Waals surface area contributed by atoms with Gasteiger partial charge in [0.15, 0.2) is 28.9 Å². The van der Waals surface area contributed by atoms with Crippen molar-refractivity contribution in [2.24, 2.45) is 0 Å². The number of anilines is 1. The molecule has 0 atom stereocenters. The Hall–Kier alpha value is -2.96. The van der Waals surface area contributed by atoms with E-state index in [1.54, 1.807) is 0 Å². The number of Topliss-reactive ketones (excluding diaryl/α,β-unsaturated/α-hetero) is 1. The summed E-state index contributed by atoms with van der Waals surface area (Å²) >= 11 is 0. The van der Waals surface area contributed by atoms with E-state index in [0.717, 1.165) is 18.2 Å². The Kier molecular flexibility index (Phi) is 3.69. The zero-order valence-corrected chi connectivity index (χ0v) is 12.0. The fourth-order valence-corrected chi connectivity index (χ4v) is 2.17. The van der Waals surface area contributed by atoms with Crippen molar-refractivity contribution >= 4 is 17.4 Å². The van der Waals surface area contributed by atoms with Crippen LogP contribution in [0.25, 0.3) is 0 Å². The molecule has 0 aliphatic carbocycles. The molecule has 1 N–H and O–H groups in total. The molecular weight excluding hydrogens is 308 g/mol. The number of hydrogen-bond donors (Lipinski definition) is 1. The van der Waals surface area contributed by atoms with Gasteiger partial charge in [0.05, 0.1) is 5.69 Å². The molecule has 118 valence electrons. The van der Waals surface area contributed by atoms with E-state index >= 15 is 0 Å². The van der Waals surface area contributed by atoms with Crippen molar-refractivity contribution in [3.05, 3.63) is 53.1 Å². The second-order valence-corrected chi connectivity index (χ2v) is 4.89. The van der Waals surface area contributed by atoms with Crippen LogP contribution in [-0.2, 0) is 0 Å². The van der Waals surface area contributed by atoms with Gasteiger partial charge >= 0.3 is 0 Å². The van der Waals surface area contributed by atoms with Crippen LogP contribution in [0.4, 0.5) is 14.5 Å². The number of hydrogen-bond acceptors (Lipinski definition) is 4. The van der Waals surface area contributed by atoms with Gasteiger partial charge in [-0.15, -0.1) is 0 Å². The van der Waals surface area contributed by atoms with Crippen molar-refractivity contribution in [1.82, 2.24) is 0 Å². The minimum Gasteiger partial charge on any atom is -0.454 e. The van der Waals surface area contributed by atoms with Crippen molar-refractivity contribution < 1.29 is 27.8 Å². The number of ketones is 1. The van der Waals surface area contributed by atoms with Gasteiger partial charge in [-0.1, -0.05) is 0 Å². The first-order valence-corrected chi connectivity index (χ1v) is 6.66. The number of rotatable bonds is 3. The van der Waals surface area contributed by atoms with Gasteiger partial charge in [-0.25, -0.2) is 8.78 Å². The highest BCUT2D eigenvalue weighted by Gasteiger charge is 2.21. The van der Waals surface area contributed by atoms with E-state index in [-0.39, 0.29) is 29.4 Å². The highest BCUT2D eigenvalue weighted by Crippen LogP contribution is 2.37. The SMILES string of the molecule is CC(=O)c1cc2c(cc1NC(=O)c1ccc(F)c(F)c1)OCO2. The number of fused-ring (bicyclic) bond motifs is 1. The molecule has 0 unspecified atom stereocenters. The first-order chi connectivity index (χ1) is 11.0. The van der Waals surface area contributed by atoms with Crippen LogP contribution in [-0.4, -0.2) is 18.5 Å². The monoisotopic (exact) mass is 319 g/mol. The predicted molar refractivity (Wildman–Crippen MR) is 76.9 cm³/mol. The average Bonchev–Trinajstić information content (AvgIpc) is 2.96. The summed E-state index contributed by atoms with van der Waals surface area (Å²) in [6.45, 7) is 1.36. The second-order valence-electron chi connectivity index (χ2n) is 4.89. The molecule has 0 fully saturated rings. The third-order valence-electron chi connectivity index (χ3n) is 3.32. The Morgan fingerprint density at radius 3 is 2.39 bits per heavy atom. The van der Waals surface area contributed by atoms with Gasteiger partial charge in [-0.3, -0.25) is 9.59 Å². The molecule has 3 rings (SSSR count). The van der Waals surface area contributed by atoms with Crippen LogP contribution in [0, 0.1) is 11.6 Å². The Labute approximate surface area is 129 Å². The van der Waals surface area contributed by atoms with E-state index in [1.165, 1.54) is 19.1 Å². The molecule has 1 aliphatic heterocycles. The topological polar surface area (TPSA) is 64.6 Å². The summed E-state index contributed by atoms with van der Waals surface area (Å²) in [6.07, 6.45) is 0. The Balaban J connectivity index is 1.94. The highest BCUT2D eigenvalue weighted by atomic mass is 19.2. The minimum atomic E-state index is -1.13. The van der Waals surface area contributed by atoms with Crippen molar-refractivity contribution in [2.45, 2.75) is 6.92 Å². The summed E-state index contributed by atoms with van der Waals surface area (Å²) in [4.78, 5) is 23.9. The number of ether oxygens (including phenoxy) is 2. The van der Waals surface area contributed by atoms with Crippen LogP contribution in [0.15, 0.2) is 30.3 Å². The van der Waals surface area contributed by atoms with Gasteiger partial charge in [0.25, 0.3) is 5.91 Å². The minimum absolute atomic E-state index is 0.0211. The third kappa shape index (κ3) is 2.85. The third-order valence-corrected chi connectivity index (χ3v) is 3.32. The molecule has 0 saturated heterocycles. The molecule has 1 heterocycles. The summed E-state index contributed by atoms with van der Waals surface area (Å²) in [5, 5.41) is 2.50. The van der Waals surface area contributed by atoms with Crippen LogP contribution < -0.4 is 14.8 Å². The molecule has 0 spiro atoms. The van der Waals surface area contributed by atoms with Crippen molar-refractivity contribution in [1.29, 1.82) is 0 Å². The Bertz CT molecular complexity index is 820. The van der Waals surface area contributed by atoms with Crippen LogP contribution in [0.1, 0.15) is 27.6 Å². The highest BCUT2D eigenvalue weighted by molar-refractivity contribution is 6.09. The maximum Gasteiger partial charge on any atom is 0.255 e. The van der Waals surface area contributed by atoms with Gasteiger partial charge in [-0.05, 0) is 31.2 Å². The molecule has 5 nitrogen and oxygen atoms in total. The number of nitrogens with one attached hydrogen (secondary N) is 1. The quantitative estimate of drug-likeness (QED) is 0.883. The van der Waals surface area contributed by atoms with Gasteiger partial charge in [-0.2, -0.15) is 0 Å².